The van der Waals surface area contributed by atoms with E-state index in [-0.39, 0.29) is 18.2 Å². The number of aromatic hydroxyl groups is 1. The minimum Gasteiger partial charge on any atom is -0.507 e. The molecular formula is C16H20N2O2. The Morgan fingerprint density at radius 2 is 1.90 bits per heavy atom. The standard InChI is InChI=1S/C16H20N2O2/c1-3-11(2)17-10-16(20)18-14-8-4-7-13-12(14)6-5-9-15(13)19/h4-9,11,17,19H,3,10H2,1-2H3,(H,18,20). The largest absolute Gasteiger partial charge is 0.507 e. The van der Waals surface area contributed by atoms with E-state index in [1.807, 2.05) is 31.2 Å². The van der Waals surface area contributed by atoms with E-state index < -0.39 is 0 Å². The molecule has 0 bridgehead atoms. The van der Waals surface area contributed by atoms with Crippen LogP contribution in [0.25, 0.3) is 10.8 Å². The number of nitrogens with one attached hydrogen (secondary N) is 2. The predicted octanol–water partition coefficient (Wildman–Crippen LogP) is 2.87. The molecule has 4 nitrogen and oxygen atoms in total. The summed E-state index contributed by atoms with van der Waals surface area (Å²) in [6.07, 6.45) is 0.982. The van der Waals surface area contributed by atoms with E-state index in [0.29, 0.717) is 11.7 Å². The number of fused-ring (bicyclic) bond motifs is 1. The Bertz CT molecular complexity index is 610. The first-order valence-corrected chi connectivity index (χ1v) is 6.85. The maximum Gasteiger partial charge on any atom is 0.238 e. The fourth-order valence-corrected chi connectivity index (χ4v) is 2.01. The average Bonchev–Trinajstić information content (AvgIpc) is 2.46. The molecule has 0 aliphatic rings. The molecule has 2 aromatic rings. The second-order valence-corrected chi connectivity index (χ2v) is 4.92. The summed E-state index contributed by atoms with van der Waals surface area (Å²) in [5.41, 5.74) is 0.717. The molecule has 2 aromatic carbocycles. The lowest BCUT2D eigenvalue weighted by Gasteiger charge is -2.12. The van der Waals surface area contributed by atoms with Gasteiger partial charge in [-0.3, -0.25) is 4.79 Å². The van der Waals surface area contributed by atoms with Crippen molar-refractivity contribution < 1.29 is 9.90 Å². The number of hydrogen-bond acceptors (Lipinski definition) is 3. The Morgan fingerprint density at radius 1 is 1.20 bits per heavy atom. The summed E-state index contributed by atoms with van der Waals surface area (Å²) in [5, 5.41) is 17.4. The zero-order chi connectivity index (χ0) is 14.5. The second kappa shape index (κ2) is 6.39. The van der Waals surface area contributed by atoms with Crippen LogP contribution in [0.2, 0.25) is 0 Å². The summed E-state index contributed by atoms with van der Waals surface area (Å²) in [4.78, 5) is 11.9. The van der Waals surface area contributed by atoms with E-state index in [0.717, 1.165) is 17.2 Å². The van der Waals surface area contributed by atoms with Crippen molar-refractivity contribution in [3.05, 3.63) is 36.4 Å². The van der Waals surface area contributed by atoms with Crippen LogP contribution in [0.15, 0.2) is 36.4 Å². The van der Waals surface area contributed by atoms with Crippen molar-refractivity contribution in [2.45, 2.75) is 26.3 Å². The van der Waals surface area contributed by atoms with Crippen LogP contribution in [0.4, 0.5) is 5.69 Å². The maximum atomic E-state index is 11.9. The molecule has 0 radical (unpaired) electrons. The van der Waals surface area contributed by atoms with Gasteiger partial charge in [-0.1, -0.05) is 31.2 Å². The maximum absolute atomic E-state index is 11.9. The van der Waals surface area contributed by atoms with Gasteiger partial charge in [0, 0.05) is 22.5 Å². The molecule has 0 aliphatic heterocycles. The number of anilines is 1. The lowest BCUT2D eigenvalue weighted by molar-refractivity contribution is -0.115. The number of phenols is 1. The summed E-state index contributed by atoms with van der Waals surface area (Å²) < 4.78 is 0. The molecule has 0 saturated carbocycles. The van der Waals surface area contributed by atoms with Gasteiger partial charge in [0.15, 0.2) is 0 Å². The smallest absolute Gasteiger partial charge is 0.238 e. The zero-order valence-corrected chi connectivity index (χ0v) is 11.8. The number of rotatable bonds is 5. The summed E-state index contributed by atoms with van der Waals surface area (Å²) in [7, 11) is 0. The van der Waals surface area contributed by atoms with Crippen molar-refractivity contribution in [1.29, 1.82) is 0 Å². The number of hydrogen-bond donors (Lipinski definition) is 3. The van der Waals surface area contributed by atoms with Gasteiger partial charge in [-0.05, 0) is 25.5 Å². The Morgan fingerprint density at radius 3 is 2.65 bits per heavy atom. The molecule has 4 heteroatoms. The summed E-state index contributed by atoms with van der Waals surface area (Å²) in [5.74, 6) is 0.137. The molecular weight excluding hydrogens is 252 g/mol. The fourth-order valence-electron chi connectivity index (χ4n) is 2.01. The molecule has 2 rings (SSSR count). The number of amides is 1. The van der Waals surface area contributed by atoms with Crippen LogP contribution in [-0.2, 0) is 4.79 Å². The monoisotopic (exact) mass is 272 g/mol. The third-order valence-electron chi connectivity index (χ3n) is 3.40. The number of phenolic OH excluding ortho intramolecular Hbond substituents is 1. The van der Waals surface area contributed by atoms with Gasteiger partial charge in [0.05, 0.1) is 6.54 Å². The summed E-state index contributed by atoms with van der Waals surface area (Å²) >= 11 is 0. The summed E-state index contributed by atoms with van der Waals surface area (Å²) in [6, 6.07) is 11.1. The molecule has 0 spiro atoms. The highest BCUT2D eigenvalue weighted by atomic mass is 16.3. The predicted molar refractivity (Wildman–Crippen MR) is 82.0 cm³/mol. The van der Waals surface area contributed by atoms with Crippen molar-refractivity contribution in [2.24, 2.45) is 0 Å². The van der Waals surface area contributed by atoms with E-state index in [9.17, 15) is 9.90 Å². The minimum atomic E-state index is -0.0823. The van der Waals surface area contributed by atoms with E-state index >= 15 is 0 Å². The highest BCUT2D eigenvalue weighted by Crippen LogP contribution is 2.29. The SMILES string of the molecule is CCC(C)NCC(=O)Nc1cccc2c(O)cccc12. The van der Waals surface area contributed by atoms with Gasteiger partial charge in [-0.25, -0.2) is 0 Å². The first-order chi connectivity index (χ1) is 9.61. The third kappa shape index (κ3) is 3.27. The average molecular weight is 272 g/mol. The van der Waals surface area contributed by atoms with Crippen molar-refractivity contribution in [1.82, 2.24) is 5.32 Å². The Kier molecular flexibility index (Phi) is 4.58. The Labute approximate surface area is 118 Å². The molecule has 1 unspecified atom stereocenters. The van der Waals surface area contributed by atoms with Gasteiger partial charge >= 0.3 is 0 Å². The number of carbonyl (C=O) groups is 1. The molecule has 1 amide bonds. The van der Waals surface area contributed by atoms with Crippen molar-refractivity contribution in [3.63, 3.8) is 0 Å². The van der Waals surface area contributed by atoms with Crippen LogP contribution < -0.4 is 10.6 Å². The summed E-state index contributed by atoms with van der Waals surface area (Å²) in [6.45, 7) is 4.40. The lowest BCUT2D eigenvalue weighted by atomic mass is 10.1. The Balaban J connectivity index is 2.14. The van der Waals surface area contributed by atoms with Crippen molar-refractivity contribution in [3.8, 4) is 5.75 Å². The second-order valence-electron chi connectivity index (χ2n) is 4.92. The number of carbonyl (C=O) groups excluding carboxylic acids is 1. The third-order valence-corrected chi connectivity index (χ3v) is 3.40. The molecule has 0 heterocycles. The van der Waals surface area contributed by atoms with Gasteiger partial charge < -0.3 is 15.7 Å². The first-order valence-electron chi connectivity index (χ1n) is 6.85. The molecule has 3 N–H and O–H groups in total. The van der Waals surface area contributed by atoms with Gasteiger partial charge in [-0.15, -0.1) is 0 Å². The fraction of sp³-hybridized carbons (Fsp3) is 0.312. The normalized spacial score (nSPS) is 12.3. The van der Waals surface area contributed by atoms with E-state index in [1.54, 1.807) is 12.1 Å². The molecule has 0 saturated heterocycles. The molecule has 0 fully saturated rings. The van der Waals surface area contributed by atoms with Crippen LogP contribution in [0.5, 0.6) is 5.75 Å². The van der Waals surface area contributed by atoms with Crippen LogP contribution in [0.1, 0.15) is 20.3 Å². The van der Waals surface area contributed by atoms with Gasteiger partial charge in [0.1, 0.15) is 5.75 Å². The Hall–Kier alpha value is -2.07. The molecule has 0 aliphatic carbocycles. The van der Waals surface area contributed by atoms with Gasteiger partial charge in [-0.2, -0.15) is 0 Å². The molecule has 1 atom stereocenters. The lowest BCUT2D eigenvalue weighted by Crippen LogP contribution is -2.33. The highest BCUT2D eigenvalue weighted by Gasteiger charge is 2.08. The van der Waals surface area contributed by atoms with Gasteiger partial charge in [0.2, 0.25) is 5.91 Å². The van der Waals surface area contributed by atoms with E-state index in [4.69, 9.17) is 0 Å². The van der Waals surface area contributed by atoms with Crippen molar-refractivity contribution in [2.75, 3.05) is 11.9 Å². The van der Waals surface area contributed by atoms with E-state index in [1.165, 1.54) is 0 Å². The minimum absolute atomic E-state index is 0.0823. The van der Waals surface area contributed by atoms with Crippen LogP contribution in [0, 0.1) is 0 Å². The van der Waals surface area contributed by atoms with Crippen LogP contribution >= 0.6 is 0 Å². The zero-order valence-electron chi connectivity index (χ0n) is 11.8. The van der Waals surface area contributed by atoms with Crippen LogP contribution in [0.3, 0.4) is 0 Å². The van der Waals surface area contributed by atoms with Crippen molar-refractivity contribution >= 4 is 22.4 Å². The van der Waals surface area contributed by atoms with Gasteiger partial charge in [0.25, 0.3) is 0 Å². The molecule has 106 valence electrons. The first kappa shape index (κ1) is 14.3. The quantitative estimate of drug-likeness (QED) is 0.784. The highest BCUT2D eigenvalue weighted by molar-refractivity contribution is 6.04. The molecule has 20 heavy (non-hydrogen) atoms. The van der Waals surface area contributed by atoms with E-state index in [2.05, 4.69) is 17.6 Å². The van der Waals surface area contributed by atoms with Crippen LogP contribution in [-0.4, -0.2) is 23.6 Å². The topological polar surface area (TPSA) is 61.4 Å². The number of benzene rings is 2. The molecule has 0 aromatic heterocycles.